The number of allylic oxidation sites excluding steroid dienone is 1. The molecule has 3 heterocycles. The average Bonchev–Trinajstić information content (AvgIpc) is 3.19. The van der Waals surface area contributed by atoms with Crippen LogP contribution in [0.1, 0.15) is 12.8 Å². The minimum absolute atomic E-state index is 0.699. The highest BCUT2D eigenvalue weighted by Crippen LogP contribution is 2.23. The first-order valence-electron chi connectivity index (χ1n) is 7.69. The number of hydrogen-bond donors (Lipinski definition) is 0. The molecule has 1 aliphatic rings. The maximum Gasteiger partial charge on any atom is 0.191 e. The number of rotatable bonds is 7. The van der Waals surface area contributed by atoms with Gasteiger partial charge in [-0.3, -0.25) is 9.55 Å². The van der Waals surface area contributed by atoms with Crippen LogP contribution in [-0.4, -0.2) is 50.0 Å². The zero-order valence-corrected chi connectivity index (χ0v) is 13.5. The van der Waals surface area contributed by atoms with Crippen LogP contribution in [0.3, 0.4) is 0 Å². The van der Waals surface area contributed by atoms with Gasteiger partial charge in [0, 0.05) is 25.0 Å². The van der Waals surface area contributed by atoms with Gasteiger partial charge in [-0.15, -0.1) is 16.8 Å². The predicted molar refractivity (Wildman–Crippen MR) is 89.8 cm³/mol. The molecule has 116 valence electrons. The molecule has 6 heteroatoms. The van der Waals surface area contributed by atoms with Gasteiger partial charge >= 0.3 is 0 Å². The Morgan fingerprint density at radius 2 is 2.09 bits per heavy atom. The lowest BCUT2D eigenvalue weighted by Gasteiger charge is -2.13. The third-order valence-electron chi connectivity index (χ3n) is 3.76. The molecule has 0 spiro atoms. The summed E-state index contributed by atoms with van der Waals surface area (Å²) < 4.78 is 2.09. The Balaban J connectivity index is 1.70. The van der Waals surface area contributed by atoms with Gasteiger partial charge in [0.1, 0.15) is 5.69 Å². The van der Waals surface area contributed by atoms with E-state index in [1.54, 1.807) is 18.0 Å². The molecular weight excluding hydrogens is 294 g/mol. The van der Waals surface area contributed by atoms with Gasteiger partial charge < -0.3 is 4.90 Å². The van der Waals surface area contributed by atoms with Crippen molar-refractivity contribution < 1.29 is 0 Å². The molecule has 2 aromatic heterocycles. The van der Waals surface area contributed by atoms with Crippen LogP contribution in [-0.2, 0) is 6.54 Å². The van der Waals surface area contributed by atoms with Crippen molar-refractivity contribution in [3.63, 3.8) is 0 Å². The molecule has 3 rings (SSSR count). The molecule has 1 fully saturated rings. The minimum atomic E-state index is 0.699. The summed E-state index contributed by atoms with van der Waals surface area (Å²) in [6.07, 6.45) is 6.32. The van der Waals surface area contributed by atoms with Gasteiger partial charge in [0.25, 0.3) is 0 Å². The Bertz CT molecular complexity index is 604. The highest BCUT2D eigenvalue weighted by Gasteiger charge is 2.15. The van der Waals surface area contributed by atoms with Gasteiger partial charge in [0.15, 0.2) is 11.0 Å². The molecule has 0 aromatic carbocycles. The molecule has 0 amide bonds. The molecule has 0 saturated carbocycles. The smallest absolute Gasteiger partial charge is 0.191 e. The Morgan fingerprint density at radius 1 is 1.23 bits per heavy atom. The molecule has 1 saturated heterocycles. The maximum atomic E-state index is 4.37. The number of hydrogen-bond acceptors (Lipinski definition) is 5. The zero-order chi connectivity index (χ0) is 15.2. The molecule has 0 bridgehead atoms. The molecule has 0 atom stereocenters. The van der Waals surface area contributed by atoms with Crippen LogP contribution >= 0.6 is 11.8 Å². The highest BCUT2D eigenvalue weighted by atomic mass is 32.2. The van der Waals surface area contributed by atoms with Gasteiger partial charge in [0.2, 0.25) is 0 Å². The summed E-state index contributed by atoms with van der Waals surface area (Å²) >= 11 is 1.76. The van der Waals surface area contributed by atoms with Crippen LogP contribution in [0.15, 0.2) is 42.2 Å². The Hall–Kier alpha value is -1.66. The van der Waals surface area contributed by atoms with Gasteiger partial charge in [-0.05, 0) is 38.1 Å². The van der Waals surface area contributed by atoms with Crippen molar-refractivity contribution in [2.24, 2.45) is 0 Å². The number of nitrogens with zero attached hydrogens (tertiary/aromatic N) is 5. The Kier molecular flexibility index (Phi) is 5.24. The van der Waals surface area contributed by atoms with E-state index >= 15 is 0 Å². The van der Waals surface area contributed by atoms with E-state index in [2.05, 4.69) is 31.2 Å². The summed E-state index contributed by atoms with van der Waals surface area (Å²) in [6.45, 7) is 8.13. The highest BCUT2D eigenvalue weighted by molar-refractivity contribution is 7.99. The fourth-order valence-corrected chi connectivity index (χ4v) is 3.59. The lowest BCUT2D eigenvalue weighted by Crippen LogP contribution is -2.22. The van der Waals surface area contributed by atoms with E-state index in [0.717, 1.165) is 29.0 Å². The number of likely N-dealkylation sites (tertiary alicyclic amines) is 1. The molecular formula is C16H21N5S. The van der Waals surface area contributed by atoms with E-state index in [-0.39, 0.29) is 0 Å². The SMILES string of the molecule is C=CCn1c(SCCN2CCCC2)nnc1-c1ccccn1. The molecule has 0 radical (unpaired) electrons. The van der Waals surface area contributed by atoms with Crippen molar-refractivity contribution in [1.29, 1.82) is 0 Å². The second-order valence-electron chi connectivity index (χ2n) is 5.32. The third-order valence-corrected chi connectivity index (χ3v) is 4.71. The van der Waals surface area contributed by atoms with Crippen LogP contribution in [0, 0.1) is 0 Å². The summed E-state index contributed by atoms with van der Waals surface area (Å²) in [5.41, 5.74) is 0.850. The largest absolute Gasteiger partial charge is 0.303 e. The fraction of sp³-hybridized carbons (Fsp3) is 0.438. The first kappa shape index (κ1) is 15.2. The molecule has 22 heavy (non-hydrogen) atoms. The summed E-state index contributed by atoms with van der Waals surface area (Å²) in [4.78, 5) is 6.89. The summed E-state index contributed by atoms with van der Waals surface area (Å²) in [6, 6.07) is 5.83. The van der Waals surface area contributed by atoms with Gasteiger partial charge in [0.05, 0.1) is 0 Å². The summed E-state index contributed by atoms with van der Waals surface area (Å²) in [5, 5.41) is 9.61. The van der Waals surface area contributed by atoms with Crippen LogP contribution in [0.25, 0.3) is 11.5 Å². The van der Waals surface area contributed by atoms with E-state index in [4.69, 9.17) is 0 Å². The van der Waals surface area contributed by atoms with E-state index in [0.29, 0.717) is 6.54 Å². The van der Waals surface area contributed by atoms with Crippen LogP contribution < -0.4 is 0 Å². The van der Waals surface area contributed by atoms with Crippen molar-refractivity contribution in [2.45, 2.75) is 24.5 Å². The first-order chi connectivity index (χ1) is 10.9. The lowest BCUT2D eigenvalue weighted by atomic mass is 10.3. The molecule has 0 N–H and O–H groups in total. The van der Waals surface area contributed by atoms with E-state index in [1.807, 2.05) is 24.3 Å². The second kappa shape index (κ2) is 7.56. The van der Waals surface area contributed by atoms with E-state index < -0.39 is 0 Å². The minimum Gasteiger partial charge on any atom is -0.303 e. The molecule has 0 aliphatic carbocycles. The normalized spacial score (nSPS) is 15.3. The van der Waals surface area contributed by atoms with Gasteiger partial charge in [-0.1, -0.05) is 23.9 Å². The number of pyridine rings is 1. The summed E-state index contributed by atoms with van der Waals surface area (Å²) in [5.74, 6) is 1.85. The van der Waals surface area contributed by atoms with Crippen LogP contribution in [0.5, 0.6) is 0 Å². The number of thioether (sulfide) groups is 1. The fourth-order valence-electron chi connectivity index (χ4n) is 2.65. The zero-order valence-electron chi connectivity index (χ0n) is 12.7. The Labute approximate surface area is 135 Å². The van der Waals surface area contributed by atoms with Crippen LogP contribution in [0.2, 0.25) is 0 Å². The van der Waals surface area contributed by atoms with E-state index in [1.165, 1.54) is 25.9 Å². The number of aromatic nitrogens is 4. The van der Waals surface area contributed by atoms with Crippen molar-refractivity contribution in [3.05, 3.63) is 37.1 Å². The maximum absolute atomic E-state index is 4.37. The van der Waals surface area contributed by atoms with Gasteiger partial charge in [-0.25, -0.2) is 0 Å². The lowest BCUT2D eigenvalue weighted by molar-refractivity contribution is 0.362. The van der Waals surface area contributed by atoms with Crippen LogP contribution in [0.4, 0.5) is 0 Å². The predicted octanol–water partition coefficient (Wildman–Crippen LogP) is 2.71. The monoisotopic (exact) mass is 315 g/mol. The Morgan fingerprint density at radius 3 is 2.82 bits per heavy atom. The molecule has 0 unspecified atom stereocenters. The van der Waals surface area contributed by atoms with E-state index in [9.17, 15) is 0 Å². The van der Waals surface area contributed by atoms with Crippen molar-refractivity contribution >= 4 is 11.8 Å². The molecule has 5 nitrogen and oxygen atoms in total. The molecule has 2 aromatic rings. The third kappa shape index (κ3) is 3.56. The van der Waals surface area contributed by atoms with Gasteiger partial charge in [-0.2, -0.15) is 0 Å². The topological polar surface area (TPSA) is 46.8 Å². The first-order valence-corrected chi connectivity index (χ1v) is 8.67. The second-order valence-corrected chi connectivity index (χ2v) is 6.38. The van der Waals surface area contributed by atoms with Crippen molar-refractivity contribution in [1.82, 2.24) is 24.6 Å². The quantitative estimate of drug-likeness (QED) is 0.581. The van der Waals surface area contributed by atoms with Crippen molar-refractivity contribution in [3.8, 4) is 11.5 Å². The molecule has 1 aliphatic heterocycles. The summed E-state index contributed by atoms with van der Waals surface area (Å²) in [7, 11) is 0. The standard InChI is InChI=1S/C16H21N5S/c1-2-9-21-15(14-7-3-4-8-17-14)18-19-16(21)22-13-12-20-10-5-6-11-20/h2-4,7-8H,1,5-6,9-13H2. The average molecular weight is 315 g/mol. The van der Waals surface area contributed by atoms with Crippen molar-refractivity contribution in [2.75, 3.05) is 25.4 Å².